The lowest BCUT2D eigenvalue weighted by molar-refractivity contribution is -0.140. The maximum absolute atomic E-state index is 11.6. The molecule has 1 fully saturated rings. The zero-order chi connectivity index (χ0) is 12.0. The topological polar surface area (TPSA) is 74.2 Å². The molecule has 1 aliphatic rings. The highest BCUT2D eigenvalue weighted by Crippen LogP contribution is 2.18. The van der Waals surface area contributed by atoms with Crippen molar-refractivity contribution in [1.82, 2.24) is 0 Å². The Morgan fingerprint density at radius 2 is 2.31 bits per heavy atom. The fraction of sp³-hybridized carbons (Fsp3) is 0.700. The van der Waals surface area contributed by atoms with Gasteiger partial charge in [0.25, 0.3) is 0 Å². The first-order valence-electron chi connectivity index (χ1n) is 4.98. The summed E-state index contributed by atoms with van der Waals surface area (Å²) in [5, 5.41) is 9.68. The predicted molar refractivity (Wildman–Crippen MR) is 53.9 cm³/mol. The van der Waals surface area contributed by atoms with Crippen molar-refractivity contribution >= 4 is 5.97 Å². The van der Waals surface area contributed by atoms with E-state index < -0.39 is 12.1 Å². The van der Waals surface area contributed by atoms with Crippen LogP contribution in [0.5, 0.6) is 0 Å². The fourth-order valence-corrected chi connectivity index (χ4v) is 1.36. The number of ether oxygens (including phenoxy) is 4. The summed E-state index contributed by atoms with van der Waals surface area (Å²) in [6, 6.07) is 0. The van der Waals surface area contributed by atoms with Gasteiger partial charge in [-0.3, -0.25) is 0 Å². The van der Waals surface area contributed by atoms with Gasteiger partial charge in [0, 0.05) is 7.11 Å². The van der Waals surface area contributed by atoms with Crippen LogP contribution in [0.1, 0.15) is 6.92 Å². The molecule has 0 aromatic carbocycles. The number of esters is 1. The number of hydrogen-bond acceptors (Lipinski definition) is 6. The summed E-state index contributed by atoms with van der Waals surface area (Å²) >= 11 is 0. The SMILES string of the molecule is CCOC(=O)/C(=C(/O)COC)C1COCO1. The van der Waals surface area contributed by atoms with Gasteiger partial charge in [0.15, 0.2) is 0 Å². The van der Waals surface area contributed by atoms with Gasteiger partial charge in [-0.25, -0.2) is 4.79 Å². The first-order chi connectivity index (χ1) is 7.70. The minimum Gasteiger partial charge on any atom is -0.509 e. The van der Waals surface area contributed by atoms with Gasteiger partial charge in [0.05, 0.1) is 13.2 Å². The predicted octanol–water partition coefficient (Wildman–Crippen LogP) is 0.381. The van der Waals surface area contributed by atoms with Crippen LogP contribution in [0.15, 0.2) is 11.3 Å². The van der Waals surface area contributed by atoms with Gasteiger partial charge >= 0.3 is 5.97 Å². The van der Waals surface area contributed by atoms with Crippen LogP contribution < -0.4 is 0 Å². The van der Waals surface area contributed by atoms with E-state index in [9.17, 15) is 9.90 Å². The van der Waals surface area contributed by atoms with E-state index in [1.807, 2.05) is 0 Å². The summed E-state index contributed by atoms with van der Waals surface area (Å²) < 4.78 is 19.7. The Hall–Kier alpha value is -1.11. The monoisotopic (exact) mass is 232 g/mol. The van der Waals surface area contributed by atoms with Gasteiger partial charge in [-0.15, -0.1) is 0 Å². The number of methoxy groups -OCH3 is 1. The Morgan fingerprint density at radius 1 is 1.56 bits per heavy atom. The summed E-state index contributed by atoms with van der Waals surface area (Å²) in [6.07, 6.45) is -0.589. The molecule has 0 aliphatic carbocycles. The maximum atomic E-state index is 11.6. The lowest BCUT2D eigenvalue weighted by Gasteiger charge is -2.13. The number of carbonyl (C=O) groups is 1. The van der Waals surface area contributed by atoms with Crippen LogP contribution in [0.2, 0.25) is 0 Å². The lowest BCUT2D eigenvalue weighted by Crippen LogP contribution is -2.25. The third-order valence-electron chi connectivity index (χ3n) is 2.03. The highest BCUT2D eigenvalue weighted by atomic mass is 16.7. The molecule has 1 rings (SSSR count). The third kappa shape index (κ3) is 3.19. The second kappa shape index (κ2) is 6.47. The Labute approximate surface area is 93.7 Å². The van der Waals surface area contributed by atoms with Gasteiger partial charge in [0.1, 0.15) is 30.8 Å². The van der Waals surface area contributed by atoms with Crippen LogP contribution in [0.25, 0.3) is 0 Å². The van der Waals surface area contributed by atoms with Crippen LogP contribution in [0, 0.1) is 0 Å². The molecule has 1 unspecified atom stereocenters. The molecule has 6 heteroatoms. The van der Waals surface area contributed by atoms with Crippen LogP contribution in [-0.2, 0) is 23.7 Å². The molecule has 0 aromatic heterocycles. The zero-order valence-electron chi connectivity index (χ0n) is 9.39. The number of aliphatic hydroxyl groups is 1. The molecule has 92 valence electrons. The van der Waals surface area contributed by atoms with Crippen molar-refractivity contribution in [2.24, 2.45) is 0 Å². The van der Waals surface area contributed by atoms with E-state index in [0.29, 0.717) is 0 Å². The van der Waals surface area contributed by atoms with Crippen molar-refractivity contribution in [3.05, 3.63) is 11.3 Å². The molecule has 1 N–H and O–H groups in total. The van der Waals surface area contributed by atoms with Gasteiger partial charge < -0.3 is 24.1 Å². The van der Waals surface area contributed by atoms with E-state index in [0.717, 1.165) is 0 Å². The van der Waals surface area contributed by atoms with Crippen molar-refractivity contribution in [3.63, 3.8) is 0 Å². The molecule has 1 saturated heterocycles. The van der Waals surface area contributed by atoms with E-state index in [1.54, 1.807) is 6.92 Å². The Bertz CT molecular complexity index is 266. The lowest BCUT2D eigenvalue weighted by atomic mass is 10.1. The summed E-state index contributed by atoms with van der Waals surface area (Å²) in [7, 11) is 1.42. The number of aliphatic hydroxyl groups excluding tert-OH is 1. The molecule has 0 radical (unpaired) electrons. The van der Waals surface area contributed by atoms with Crippen LogP contribution in [0.3, 0.4) is 0 Å². The largest absolute Gasteiger partial charge is 0.509 e. The molecule has 1 aliphatic heterocycles. The smallest absolute Gasteiger partial charge is 0.340 e. The van der Waals surface area contributed by atoms with E-state index >= 15 is 0 Å². The summed E-state index contributed by atoms with van der Waals surface area (Å²) in [5.74, 6) is -0.788. The Morgan fingerprint density at radius 3 is 2.81 bits per heavy atom. The first-order valence-corrected chi connectivity index (χ1v) is 4.98. The van der Waals surface area contributed by atoms with E-state index in [2.05, 4.69) is 0 Å². The van der Waals surface area contributed by atoms with E-state index in [1.165, 1.54) is 7.11 Å². The summed E-state index contributed by atoms with van der Waals surface area (Å²) in [4.78, 5) is 11.6. The van der Waals surface area contributed by atoms with Crippen molar-refractivity contribution in [2.45, 2.75) is 13.0 Å². The zero-order valence-corrected chi connectivity index (χ0v) is 9.39. The quantitative estimate of drug-likeness (QED) is 0.419. The minimum atomic E-state index is -0.604. The van der Waals surface area contributed by atoms with Crippen LogP contribution in [0.4, 0.5) is 0 Å². The summed E-state index contributed by atoms with van der Waals surface area (Å²) in [5.41, 5.74) is 0.0706. The van der Waals surface area contributed by atoms with Gasteiger partial charge in [-0.1, -0.05) is 0 Å². The normalized spacial score (nSPS) is 21.8. The first kappa shape index (κ1) is 13.0. The molecule has 0 saturated carbocycles. The standard InChI is InChI=1S/C10H16O6/c1-3-15-10(12)9(7(11)4-13-2)8-5-14-6-16-8/h8,11H,3-6H2,1-2H3/b9-7+. The van der Waals surface area contributed by atoms with Crippen molar-refractivity contribution < 1.29 is 28.8 Å². The fourth-order valence-electron chi connectivity index (χ4n) is 1.36. The van der Waals surface area contributed by atoms with Crippen molar-refractivity contribution in [3.8, 4) is 0 Å². The molecule has 0 spiro atoms. The second-order valence-electron chi connectivity index (χ2n) is 3.16. The molecular weight excluding hydrogens is 216 g/mol. The Kier molecular flexibility index (Phi) is 5.24. The van der Waals surface area contributed by atoms with Crippen molar-refractivity contribution in [1.29, 1.82) is 0 Å². The molecule has 16 heavy (non-hydrogen) atoms. The molecular formula is C10H16O6. The van der Waals surface area contributed by atoms with E-state index in [-0.39, 0.29) is 37.9 Å². The molecule has 0 aromatic rings. The number of hydrogen-bond donors (Lipinski definition) is 1. The van der Waals surface area contributed by atoms with Gasteiger partial charge in [-0.05, 0) is 6.92 Å². The molecule has 6 nitrogen and oxygen atoms in total. The highest BCUT2D eigenvalue weighted by Gasteiger charge is 2.30. The average molecular weight is 232 g/mol. The minimum absolute atomic E-state index is 0.0615. The third-order valence-corrected chi connectivity index (χ3v) is 2.03. The van der Waals surface area contributed by atoms with E-state index in [4.69, 9.17) is 18.9 Å². The highest BCUT2D eigenvalue weighted by molar-refractivity contribution is 5.90. The maximum Gasteiger partial charge on any atom is 0.340 e. The van der Waals surface area contributed by atoms with Gasteiger partial charge in [-0.2, -0.15) is 0 Å². The molecule has 0 bridgehead atoms. The number of carbonyl (C=O) groups excluding carboxylic acids is 1. The molecule has 1 atom stereocenters. The average Bonchev–Trinajstić information content (AvgIpc) is 2.72. The number of rotatable bonds is 5. The van der Waals surface area contributed by atoms with Crippen LogP contribution >= 0.6 is 0 Å². The second-order valence-corrected chi connectivity index (χ2v) is 3.16. The van der Waals surface area contributed by atoms with Gasteiger partial charge in [0.2, 0.25) is 0 Å². The van der Waals surface area contributed by atoms with Crippen molar-refractivity contribution in [2.75, 3.05) is 33.7 Å². The molecule has 1 heterocycles. The van der Waals surface area contributed by atoms with Crippen LogP contribution in [-0.4, -0.2) is 50.9 Å². The summed E-state index contributed by atoms with van der Waals surface area (Å²) in [6.45, 7) is 2.19. The Balaban J connectivity index is 2.83. The molecule has 0 amide bonds.